The third-order valence-corrected chi connectivity index (χ3v) is 3.20. The van der Waals surface area contributed by atoms with Crippen molar-refractivity contribution in [1.82, 2.24) is 0 Å². The Balaban J connectivity index is 3.54. The van der Waals surface area contributed by atoms with Crippen LogP contribution in [0.5, 0.6) is 0 Å². The second-order valence-electron chi connectivity index (χ2n) is 4.72. The number of hydrogen-bond donors (Lipinski definition) is 2. The van der Waals surface area contributed by atoms with Crippen molar-refractivity contribution in [3.63, 3.8) is 0 Å². The van der Waals surface area contributed by atoms with Crippen LogP contribution in [0.15, 0.2) is 0 Å². The molecule has 0 heterocycles. The lowest BCUT2D eigenvalue weighted by Crippen LogP contribution is -2.26. The largest absolute Gasteiger partial charge is 0.390 e. The minimum absolute atomic E-state index is 0.513. The van der Waals surface area contributed by atoms with Crippen LogP contribution in [0.1, 0.15) is 65.7 Å². The molecule has 0 aromatic heterocycles. The molecule has 0 fully saturated rings. The highest BCUT2D eigenvalue weighted by molar-refractivity contribution is 4.68. The monoisotopic (exact) mass is 216 g/mol. The van der Waals surface area contributed by atoms with Gasteiger partial charge < -0.3 is 10.2 Å². The van der Waals surface area contributed by atoms with Gasteiger partial charge in [-0.3, -0.25) is 0 Å². The molecule has 0 rings (SSSR count). The van der Waals surface area contributed by atoms with Gasteiger partial charge in [-0.05, 0) is 25.2 Å². The molecule has 2 heteroatoms. The van der Waals surface area contributed by atoms with E-state index in [9.17, 15) is 10.2 Å². The van der Waals surface area contributed by atoms with Crippen molar-refractivity contribution in [2.24, 2.45) is 5.92 Å². The molecule has 0 radical (unpaired) electrons. The minimum Gasteiger partial charge on any atom is -0.390 e. The number of hydrogen-bond acceptors (Lipinski definition) is 2. The Bertz CT molecular complexity index is 136. The number of aliphatic hydroxyl groups excluding tert-OH is 2. The molecular formula is C13H28O2. The molecule has 0 bridgehead atoms. The maximum absolute atomic E-state index is 9.71. The second-order valence-corrected chi connectivity index (χ2v) is 4.72. The summed E-state index contributed by atoms with van der Waals surface area (Å²) in [6, 6.07) is 0. The highest BCUT2D eigenvalue weighted by Crippen LogP contribution is 2.15. The summed E-state index contributed by atoms with van der Waals surface area (Å²) in [7, 11) is 0. The van der Waals surface area contributed by atoms with Crippen LogP contribution in [0.4, 0.5) is 0 Å². The Hall–Kier alpha value is -0.0800. The Morgan fingerprint density at radius 3 is 2.00 bits per heavy atom. The molecule has 0 aliphatic carbocycles. The van der Waals surface area contributed by atoms with E-state index < -0.39 is 12.2 Å². The summed E-state index contributed by atoms with van der Waals surface area (Å²) in [6.07, 6.45) is 5.96. The van der Waals surface area contributed by atoms with Gasteiger partial charge in [0.05, 0.1) is 12.2 Å². The molecule has 92 valence electrons. The average Bonchev–Trinajstić information content (AvgIpc) is 2.25. The molecular weight excluding hydrogens is 188 g/mol. The Labute approximate surface area is 94.7 Å². The van der Waals surface area contributed by atoms with Crippen LogP contribution in [-0.4, -0.2) is 22.4 Å². The maximum Gasteiger partial charge on any atom is 0.0799 e. The van der Waals surface area contributed by atoms with Crippen molar-refractivity contribution in [1.29, 1.82) is 0 Å². The third kappa shape index (κ3) is 7.80. The van der Waals surface area contributed by atoms with Gasteiger partial charge >= 0.3 is 0 Å². The van der Waals surface area contributed by atoms with Gasteiger partial charge in [0, 0.05) is 0 Å². The van der Waals surface area contributed by atoms with Crippen LogP contribution < -0.4 is 0 Å². The molecule has 0 amide bonds. The normalized spacial score (nSPS) is 17.4. The quantitative estimate of drug-likeness (QED) is 0.581. The van der Waals surface area contributed by atoms with Gasteiger partial charge in [0.2, 0.25) is 0 Å². The van der Waals surface area contributed by atoms with Crippen molar-refractivity contribution in [3.05, 3.63) is 0 Å². The summed E-state index contributed by atoms with van der Waals surface area (Å²) in [5.74, 6) is 0.655. The Morgan fingerprint density at radius 1 is 0.867 bits per heavy atom. The molecule has 2 N–H and O–H groups in total. The van der Waals surface area contributed by atoms with Crippen LogP contribution in [0.3, 0.4) is 0 Å². The molecule has 2 nitrogen and oxygen atoms in total. The lowest BCUT2D eigenvalue weighted by atomic mass is 9.96. The third-order valence-electron chi connectivity index (χ3n) is 3.20. The molecule has 0 aliphatic rings. The van der Waals surface area contributed by atoms with Crippen molar-refractivity contribution < 1.29 is 10.2 Å². The first kappa shape index (κ1) is 14.9. The van der Waals surface area contributed by atoms with Gasteiger partial charge in [0.25, 0.3) is 0 Å². The summed E-state index contributed by atoms with van der Waals surface area (Å²) < 4.78 is 0. The van der Waals surface area contributed by atoms with Gasteiger partial charge in [0.15, 0.2) is 0 Å². The molecule has 0 aromatic rings. The van der Waals surface area contributed by atoms with Crippen LogP contribution in [0.2, 0.25) is 0 Å². The van der Waals surface area contributed by atoms with E-state index in [2.05, 4.69) is 20.8 Å². The van der Waals surface area contributed by atoms with Gasteiger partial charge in [0.1, 0.15) is 0 Å². The molecule has 0 aliphatic heterocycles. The van der Waals surface area contributed by atoms with E-state index in [1.54, 1.807) is 0 Å². The standard InChI is InChI=1S/C13H28O2/c1-4-6-7-8-12(14)13(15)10-9-11(3)5-2/h11-15H,4-10H2,1-3H3. The van der Waals surface area contributed by atoms with Crippen molar-refractivity contribution >= 4 is 0 Å². The van der Waals surface area contributed by atoms with Crippen LogP contribution in [0.25, 0.3) is 0 Å². The summed E-state index contributed by atoms with van der Waals surface area (Å²) in [4.78, 5) is 0. The van der Waals surface area contributed by atoms with E-state index in [1.165, 1.54) is 0 Å². The van der Waals surface area contributed by atoms with E-state index >= 15 is 0 Å². The van der Waals surface area contributed by atoms with E-state index in [4.69, 9.17) is 0 Å². The van der Waals surface area contributed by atoms with Gasteiger partial charge in [-0.1, -0.05) is 46.5 Å². The van der Waals surface area contributed by atoms with Crippen molar-refractivity contribution in [2.75, 3.05) is 0 Å². The first-order valence-electron chi connectivity index (χ1n) is 6.47. The molecule has 0 saturated carbocycles. The predicted octanol–water partition coefficient (Wildman–Crippen LogP) is 3.11. The average molecular weight is 216 g/mol. The summed E-state index contributed by atoms with van der Waals surface area (Å²) >= 11 is 0. The molecule has 3 atom stereocenters. The van der Waals surface area contributed by atoms with E-state index in [0.717, 1.165) is 44.9 Å². The second kappa shape index (κ2) is 9.17. The Morgan fingerprint density at radius 2 is 1.47 bits per heavy atom. The molecule has 0 spiro atoms. The first-order chi connectivity index (χ1) is 7.11. The van der Waals surface area contributed by atoms with Crippen LogP contribution >= 0.6 is 0 Å². The fraction of sp³-hybridized carbons (Fsp3) is 1.00. The van der Waals surface area contributed by atoms with E-state index in [1.807, 2.05) is 0 Å². The Kier molecular flexibility index (Phi) is 9.12. The summed E-state index contributed by atoms with van der Waals surface area (Å²) in [6.45, 7) is 6.50. The zero-order valence-electron chi connectivity index (χ0n) is 10.6. The lowest BCUT2D eigenvalue weighted by molar-refractivity contribution is 0.00543. The first-order valence-corrected chi connectivity index (χ1v) is 6.47. The van der Waals surface area contributed by atoms with E-state index in [0.29, 0.717) is 5.92 Å². The smallest absolute Gasteiger partial charge is 0.0799 e. The molecule has 3 unspecified atom stereocenters. The SMILES string of the molecule is CCCCCC(O)C(O)CCC(C)CC. The number of aliphatic hydroxyl groups is 2. The zero-order valence-corrected chi connectivity index (χ0v) is 10.6. The van der Waals surface area contributed by atoms with Gasteiger partial charge in [-0.15, -0.1) is 0 Å². The van der Waals surface area contributed by atoms with Crippen LogP contribution in [0, 0.1) is 5.92 Å². The van der Waals surface area contributed by atoms with Gasteiger partial charge in [-0.25, -0.2) is 0 Å². The minimum atomic E-state index is -0.518. The molecule has 0 aromatic carbocycles. The van der Waals surface area contributed by atoms with Crippen LogP contribution in [-0.2, 0) is 0 Å². The molecule has 15 heavy (non-hydrogen) atoms. The highest BCUT2D eigenvalue weighted by atomic mass is 16.3. The summed E-state index contributed by atoms with van der Waals surface area (Å²) in [5, 5.41) is 19.4. The zero-order chi connectivity index (χ0) is 11.7. The number of unbranched alkanes of at least 4 members (excludes halogenated alkanes) is 2. The van der Waals surface area contributed by atoms with Crippen molar-refractivity contribution in [2.45, 2.75) is 77.9 Å². The summed E-state index contributed by atoms with van der Waals surface area (Å²) in [5.41, 5.74) is 0. The fourth-order valence-electron chi connectivity index (χ4n) is 1.65. The van der Waals surface area contributed by atoms with Gasteiger partial charge in [-0.2, -0.15) is 0 Å². The topological polar surface area (TPSA) is 40.5 Å². The number of rotatable bonds is 9. The lowest BCUT2D eigenvalue weighted by Gasteiger charge is -2.19. The maximum atomic E-state index is 9.71. The van der Waals surface area contributed by atoms with E-state index in [-0.39, 0.29) is 0 Å². The highest BCUT2D eigenvalue weighted by Gasteiger charge is 2.16. The predicted molar refractivity (Wildman–Crippen MR) is 64.8 cm³/mol. The van der Waals surface area contributed by atoms with Crippen molar-refractivity contribution in [3.8, 4) is 0 Å². The molecule has 0 saturated heterocycles. The fourth-order valence-corrected chi connectivity index (χ4v) is 1.65.